The fraction of sp³-hybridized carbons (Fsp3) is 0.0769. The second kappa shape index (κ2) is 3.59. The summed E-state index contributed by atoms with van der Waals surface area (Å²) >= 11 is 0. The normalized spacial score (nSPS) is 10.9. The van der Waals surface area contributed by atoms with Crippen LogP contribution in [0.5, 0.6) is 0 Å². The molecule has 0 aliphatic heterocycles. The van der Waals surface area contributed by atoms with E-state index in [1.54, 1.807) is 6.20 Å². The average molecular weight is 225 g/mol. The van der Waals surface area contributed by atoms with E-state index < -0.39 is 0 Å². The third kappa shape index (κ3) is 1.63. The van der Waals surface area contributed by atoms with E-state index in [4.69, 9.17) is 0 Å². The molecule has 0 radical (unpaired) electrons. The fourth-order valence-electron chi connectivity index (χ4n) is 1.90. The van der Waals surface area contributed by atoms with Gasteiger partial charge in [0.1, 0.15) is 5.82 Å². The lowest BCUT2D eigenvalue weighted by Crippen LogP contribution is -2.02. The van der Waals surface area contributed by atoms with E-state index in [1.807, 2.05) is 31.2 Å². The van der Waals surface area contributed by atoms with Gasteiger partial charge in [-0.1, -0.05) is 12.1 Å². The molecule has 0 saturated carbocycles. The lowest BCUT2D eigenvalue weighted by Gasteiger charge is -1.93. The van der Waals surface area contributed by atoms with Crippen LogP contribution in [0.3, 0.4) is 0 Å². The molecular formula is C13H11N3O. The molecule has 4 heteroatoms. The highest BCUT2D eigenvalue weighted by Crippen LogP contribution is 2.21. The van der Waals surface area contributed by atoms with Gasteiger partial charge in [-0.2, -0.15) is 0 Å². The van der Waals surface area contributed by atoms with Gasteiger partial charge in [0.25, 0.3) is 0 Å². The van der Waals surface area contributed by atoms with Crippen LogP contribution in [0.15, 0.2) is 41.3 Å². The van der Waals surface area contributed by atoms with E-state index in [9.17, 15) is 4.79 Å². The van der Waals surface area contributed by atoms with Gasteiger partial charge in [-0.3, -0.25) is 4.79 Å². The van der Waals surface area contributed by atoms with Crippen molar-refractivity contribution in [3.8, 4) is 11.4 Å². The number of benzene rings is 1. The number of nitrogens with zero attached hydrogens (tertiary/aromatic N) is 1. The van der Waals surface area contributed by atoms with E-state index >= 15 is 0 Å². The van der Waals surface area contributed by atoms with E-state index in [2.05, 4.69) is 15.0 Å². The predicted molar refractivity (Wildman–Crippen MR) is 66.9 cm³/mol. The lowest BCUT2D eigenvalue weighted by molar-refractivity contribution is 1.22. The molecule has 0 saturated heterocycles. The molecule has 4 nitrogen and oxygen atoms in total. The Hall–Kier alpha value is -2.36. The van der Waals surface area contributed by atoms with Gasteiger partial charge in [-0.05, 0) is 24.6 Å². The molecule has 2 N–H and O–H groups in total. The number of para-hydroxylation sites is 1. The van der Waals surface area contributed by atoms with E-state index in [0.717, 1.165) is 28.0 Å². The third-order valence-corrected chi connectivity index (χ3v) is 2.76. The lowest BCUT2D eigenvalue weighted by atomic mass is 10.2. The summed E-state index contributed by atoms with van der Waals surface area (Å²) in [4.78, 5) is 21.6. The Morgan fingerprint density at radius 2 is 2.12 bits per heavy atom. The minimum absolute atomic E-state index is 0.125. The van der Waals surface area contributed by atoms with E-state index in [1.165, 1.54) is 6.07 Å². The molecule has 0 spiro atoms. The smallest absolute Gasteiger partial charge is 0.248 e. The zero-order chi connectivity index (χ0) is 11.8. The first-order valence-corrected chi connectivity index (χ1v) is 5.38. The Labute approximate surface area is 97.3 Å². The van der Waals surface area contributed by atoms with Gasteiger partial charge in [-0.25, -0.2) is 4.98 Å². The van der Waals surface area contributed by atoms with Crippen LogP contribution in [-0.2, 0) is 0 Å². The van der Waals surface area contributed by atoms with Crippen LogP contribution in [0.25, 0.3) is 22.4 Å². The number of hydrogen-bond acceptors (Lipinski definition) is 2. The molecule has 17 heavy (non-hydrogen) atoms. The molecule has 0 aliphatic rings. The molecule has 0 aliphatic carbocycles. The third-order valence-electron chi connectivity index (χ3n) is 2.76. The first kappa shape index (κ1) is 9.84. The van der Waals surface area contributed by atoms with Crippen LogP contribution in [-0.4, -0.2) is 15.0 Å². The SMILES string of the molecule is Cc1cccc2[nH]c(-c3cc[nH]c(=O)c3)nc12. The number of hydrogen-bond donors (Lipinski definition) is 2. The molecule has 2 heterocycles. The average Bonchev–Trinajstić information content (AvgIpc) is 2.74. The molecule has 3 aromatic rings. The molecule has 0 fully saturated rings. The Morgan fingerprint density at radius 3 is 2.88 bits per heavy atom. The standard InChI is InChI=1S/C13H11N3O/c1-8-3-2-4-10-12(8)16-13(15-10)9-5-6-14-11(17)7-9/h2-7H,1H3,(H,14,17)(H,15,16). The number of pyridine rings is 1. The molecule has 0 amide bonds. The van der Waals surface area contributed by atoms with Crippen LogP contribution in [0.2, 0.25) is 0 Å². The zero-order valence-electron chi connectivity index (χ0n) is 9.32. The molecule has 0 unspecified atom stereocenters. The zero-order valence-corrected chi connectivity index (χ0v) is 9.32. The van der Waals surface area contributed by atoms with E-state index in [0.29, 0.717) is 0 Å². The summed E-state index contributed by atoms with van der Waals surface area (Å²) in [6, 6.07) is 9.34. The van der Waals surface area contributed by atoms with Crippen molar-refractivity contribution in [1.29, 1.82) is 0 Å². The number of fused-ring (bicyclic) bond motifs is 1. The largest absolute Gasteiger partial charge is 0.338 e. The maximum absolute atomic E-state index is 11.2. The van der Waals surface area contributed by atoms with Crippen LogP contribution in [0.1, 0.15) is 5.56 Å². The van der Waals surface area contributed by atoms with Gasteiger partial charge in [0.15, 0.2) is 0 Å². The van der Waals surface area contributed by atoms with Crippen LogP contribution in [0, 0.1) is 6.92 Å². The summed E-state index contributed by atoms with van der Waals surface area (Å²) in [5.74, 6) is 0.723. The van der Waals surface area contributed by atoms with Gasteiger partial charge in [0, 0.05) is 17.8 Å². The van der Waals surface area contributed by atoms with Gasteiger partial charge in [-0.15, -0.1) is 0 Å². The quantitative estimate of drug-likeness (QED) is 0.667. The topological polar surface area (TPSA) is 61.5 Å². The molecule has 0 atom stereocenters. The second-order valence-corrected chi connectivity index (χ2v) is 4.00. The maximum atomic E-state index is 11.2. The Kier molecular flexibility index (Phi) is 2.08. The van der Waals surface area contributed by atoms with Crippen molar-refractivity contribution in [3.05, 3.63) is 52.4 Å². The molecule has 3 rings (SSSR count). The van der Waals surface area contributed by atoms with Crippen molar-refractivity contribution >= 4 is 11.0 Å². The molecular weight excluding hydrogens is 214 g/mol. The predicted octanol–water partition coefficient (Wildman–Crippen LogP) is 2.23. The highest BCUT2D eigenvalue weighted by atomic mass is 16.1. The van der Waals surface area contributed by atoms with Crippen molar-refractivity contribution in [2.24, 2.45) is 0 Å². The number of aromatic amines is 2. The summed E-state index contributed by atoms with van der Waals surface area (Å²) in [6.45, 7) is 2.02. The minimum atomic E-state index is -0.125. The highest BCUT2D eigenvalue weighted by Gasteiger charge is 2.06. The number of aryl methyl sites for hydroxylation is 1. The Morgan fingerprint density at radius 1 is 1.24 bits per heavy atom. The van der Waals surface area contributed by atoms with Crippen molar-refractivity contribution in [2.45, 2.75) is 6.92 Å². The highest BCUT2D eigenvalue weighted by molar-refractivity contribution is 5.82. The molecule has 1 aromatic carbocycles. The molecule has 2 aromatic heterocycles. The number of H-pyrrole nitrogens is 2. The van der Waals surface area contributed by atoms with Gasteiger partial charge >= 0.3 is 0 Å². The number of imidazole rings is 1. The fourth-order valence-corrected chi connectivity index (χ4v) is 1.90. The second-order valence-electron chi connectivity index (χ2n) is 4.00. The van der Waals surface area contributed by atoms with Crippen molar-refractivity contribution in [1.82, 2.24) is 15.0 Å². The summed E-state index contributed by atoms with van der Waals surface area (Å²) in [7, 11) is 0. The Bertz CT molecular complexity index is 740. The number of nitrogens with one attached hydrogen (secondary N) is 2. The minimum Gasteiger partial charge on any atom is -0.338 e. The van der Waals surface area contributed by atoms with Crippen molar-refractivity contribution < 1.29 is 0 Å². The van der Waals surface area contributed by atoms with Gasteiger partial charge < -0.3 is 9.97 Å². The Balaban J connectivity index is 2.25. The molecule has 0 bridgehead atoms. The van der Waals surface area contributed by atoms with E-state index in [-0.39, 0.29) is 5.56 Å². The van der Waals surface area contributed by atoms with Gasteiger partial charge in [0.05, 0.1) is 11.0 Å². The monoisotopic (exact) mass is 225 g/mol. The number of aromatic nitrogens is 3. The summed E-state index contributed by atoms with van der Waals surface area (Å²) in [5, 5.41) is 0. The maximum Gasteiger partial charge on any atom is 0.248 e. The summed E-state index contributed by atoms with van der Waals surface area (Å²) < 4.78 is 0. The molecule has 84 valence electrons. The first-order chi connectivity index (χ1) is 8.24. The van der Waals surface area contributed by atoms with Crippen molar-refractivity contribution in [2.75, 3.05) is 0 Å². The summed E-state index contributed by atoms with van der Waals surface area (Å²) in [5.41, 5.74) is 3.72. The number of rotatable bonds is 1. The summed E-state index contributed by atoms with van der Waals surface area (Å²) in [6.07, 6.45) is 1.62. The van der Waals surface area contributed by atoms with Crippen LogP contribution in [0.4, 0.5) is 0 Å². The van der Waals surface area contributed by atoms with Crippen LogP contribution < -0.4 is 5.56 Å². The van der Waals surface area contributed by atoms with Gasteiger partial charge in [0.2, 0.25) is 5.56 Å². The van der Waals surface area contributed by atoms with Crippen LogP contribution >= 0.6 is 0 Å². The van der Waals surface area contributed by atoms with Crippen molar-refractivity contribution in [3.63, 3.8) is 0 Å². The first-order valence-electron chi connectivity index (χ1n) is 5.38.